The molecule has 0 aromatic carbocycles. The third kappa shape index (κ3) is 3.41. The van der Waals surface area contributed by atoms with Gasteiger partial charge in [0.15, 0.2) is 0 Å². The van der Waals surface area contributed by atoms with Crippen LogP contribution in [0.25, 0.3) is 0 Å². The van der Waals surface area contributed by atoms with E-state index in [4.69, 9.17) is 4.74 Å². The number of aliphatic carboxylic acids is 1. The Balaban J connectivity index is 1.59. The molecule has 1 aliphatic carbocycles. The fraction of sp³-hybridized carbons (Fsp3) is 0.938. The second-order valence-electron chi connectivity index (χ2n) is 6.92. The fourth-order valence-electron chi connectivity index (χ4n) is 4.47. The minimum Gasteiger partial charge on any atom is -0.480 e. The second kappa shape index (κ2) is 6.63. The van der Waals surface area contributed by atoms with E-state index in [0.29, 0.717) is 18.1 Å². The van der Waals surface area contributed by atoms with Crippen molar-refractivity contribution >= 4 is 5.97 Å². The first-order valence-corrected chi connectivity index (χ1v) is 8.47. The summed E-state index contributed by atoms with van der Waals surface area (Å²) in [6.45, 7) is 6.73. The zero-order chi connectivity index (χ0) is 14.8. The highest BCUT2D eigenvalue weighted by atomic mass is 16.5. The van der Waals surface area contributed by atoms with Crippen LogP contribution >= 0.6 is 0 Å². The van der Waals surface area contributed by atoms with Gasteiger partial charge in [-0.05, 0) is 32.1 Å². The van der Waals surface area contributed by atoms with E-state index in [1.807, 2.05) is 0 Å². The van der Waals surface area contributed by atoms with Crippen LogP contribution in [0, 0.1) is 5.92 Å². The number of hydrogen-bond acceptors (Lipinski definition) is 4. The van der Waals surface area contributed by atoms with Crippen LogP contribution in [0.15, 0.2) is 0 Å². The number of carboxylic acid groups (broad SMARTS) is 1. The molecule has 0 bridgehead atoms. The second-order valence-corrected chi connectivity index (χ2v) is 6.92. The molecule has 21 heavy (non-hydrogen) atoms. The largest absolute Gasteiger partial charge is 0.480 e. The van der Waals surface area contributed by atoms with Gasteiger partial charge in [0.25, 0.3) is 0 Å². The summed E-state index contributed by atoms with van der Waals surface area (Å²) in [4.78, 5) is 16.3. The van der Waals surface area contributed by atoms with Crippen molar-refractivity contribution < 1.29 is 14.6 Å². The van der Waals surface area contributed by atoms with Gasteiger partial charge in [0, 0.05) is 32.2 Å². The number of ether oxygens (including phenoxy) is 1. The molecule has 3 fully saturated rings. The predicted octanol–water partition coefficient (Wildman–Crippen LogP) is 1.42. The van der Waals surface area contributed by atoms with E-state index in [1.54, 1.807) is 0 Å². The molecule has 0 amide bonds. The lowest BCUT2D eigenvalue weighted by molar-refractivity contribution is -0.142. The molecule has 4 atom stereocenters. The molecule has 2 saturated heterocycles. The third-order valence-electron chi connectivity index (χ3n) is 5.51. The maximum Gasteiger partial charge on any atom is 0.320 e. The van der Waals surface area contributed by atoms with E-state index in [1.165, 1.54) is 25.7 Å². The Morgan fingerprint density at radius 2 is 2.10 bits per heavy atom. The Bertz CT molecular complexity index is 377. The van der Waals surface area contributed by atoms with E-state index in [0.717, 1.165) is 39.2 Å². The smallest absolute Gasteiger partial charge is 0.320 e. The minimum absolute atomic E-state index is 0.253. The highest BCUT2D eigenvalue weighted by molar-refractivity contribution is 5.74. The average molecular weight is 296 g/mol. The Morgan fingerprint density at radius 1 is 1.29 bits per heavy atom. The van der Waals surface area contributed by atoms with Crippen molar-refractivity contribution in [3.8, 4) is 0 Å². The van der Waals surface area contributed by atoms with Gasteiger partial charge in [-0.1, -0.05) is 12.8 Å². The molecule has 1 saturated carbocycles. The Kier molecular flexibility index (Phi) is 4.82. The molecule has 1 N–H and O–H groups in total. The predicted molar refractivity (Wildman–Crippen MR) is 80.3 cm³/mol. The van der Waals surface area contributed by atoms with Crippen LogP contribution in [0.1, 0.15) is 39.0 Å². The molecule has 5 heteroatoms. The highest BCUT2D eigenvalue weighted by Crippen LogP contribution is 2.39. The molecule has 2 aliphatic heterocycles. The molecule has 0 aromatic heterocycles. The molecular formula is C16H28N2O3. The van der Waals surface area contributed by atoms with Crippen LogP contribution in [0.3, 0.4) is 0 Å². The Morgan fingerprint density at radius 3 is 2.86 bits per heavy atom. The van der Waals surface area contributed by atoms with Crippen molar-refractivity contribution in [2.24, 2.45) is 5.92 Å². The van der Waals surface area contributed by atoms with E-state index in [2.05, 4.69) is 16.7 Å². The third-order valence-corrected chi connectivity index (χ3v) is 5.51. The normalized spacial score (nSPS) is 38.3. The van der Waals surface area contributed by atoms with Gasteiger partial charge in [0.1, 0.15) is 6.04 Å². The van der Waals surface area contributed by atoms with E-state index in [9.17, 15) is 9.90 Å². The van der Waals surface area contributed by atoms with Gasteiger partial charge in [-0.15, -0.1) is 0 Å². The molecule has 120 valence electrons. The molecule has 0 spiro atoms. The van der Waals surface area contributed by atoms with Gasteiger partial charge < -0.3 is 9.84 Å². The zero-order valence-electron chi connectivity index (χ0n) is 13.0. The average Bonchev–Trinajstić information content (AvgIpc) is 2.84. The number of fused-ring (bicyclic) bond motifs is 1. The first kappa shape index (κ1) is 15.3. The van der Waals surface area contributed by atoms with Gasteiger partial charge in [-0.2, -0.15) is 0 Å². The summed E-state index contributed by atoms with van der Waals surface area (Å²) in [6, 6.07) is 0.259. The van der Waals surface area contributed by atoms with Crippen molar-refractivity contribution in [3.63, 3.8) is 0 Å². The van der Waals surface area contributed by atoms with Gasteiger partial charge >= 0.3 is 5.97 Å². The number of hydrogen-bond donors (Lipinski definition) is 1. The van der Waals surface area contributed by atoms with Gasteiger partial charge in [0.2, 0.25) is 0 Å². The summed E-state index contributed by atoms with van der Waals surface area (Å²) in [5.74, 6) is -0.0109. The number of likely N-dealkylation sites (tertiary alicyclic amines) is 1. The van der Waals surface area contributed by atoms with Gasteiger partial charge in [-0.3, -0.25) is 14.6 Å². The fourth-order valence-corrected chi connectivity index (χ4v) is 4.47. The molecule has 0 radical (unpaired) electrons. The van der Waals surface area contributed by atoms with Crippen molar-refractivity contribution in [1.29, 1.82) is 0 Å². The topological polar surface area (TPSA) is 53.0 Å². The number of carbonyl (C=O) groups is 1. The summed E-state index contributed by atoms with van der Waals surface area (Å²) in [6.07, 6.45) is 6.11. The van der Waals surface area contributed by atoms with Crippen LogP contribution in [0.2, 0.25) is 0 Å². The molecule has 3 aliphatic rings. The van der Waals surface area contributed by atoms with Crippen molar-refractivity contribution in [2.75, 3.05) is 32.8 Å². The highest BCUT2D eigenvalue weighted by Gasteiger charge is 2.44. The molecule has 5 nitrogen and oxygen atoms in total. The van der Waals surface area contributed by atoms with Crippen LogP contribution in [0.5, 0.6) is 0 Å². The quantitative estimate of drug-likeness (QED) is 0.850. The van der Waals surface area contributed by atoms with E-state index >= 15 is 0 Å². The van der Waals surface area contributed by atoms with E-state index in [-0.39, 0.29) is 6.04 Å². The number of nitrogens with zero attached hydrogens (tertiary/aromatic N) is 2. The van der Waals surface area contributed by atoms with Gasteiger partial charge in [-0.25, -0.2) is 0 Å². The number of rotatable bonds is 4. The monoisotopic (exact) mass is 296 g/mol. The molecule has 4 unspecified atom stereocenters. The first-order valence-electron chi connectivity index (χ1n) is 8.47. The number of carboxylic acids is 1. The summed E-state index contributed by atoms with van der Waals surface area (Å²) < 4.78 is 5.58. The minimum atomic E-state index is -0.625. The standard InChI is InChI=1S/C16H28N2O3/c1-12-11-17(8-9-21-12)6-7-18-14-5-3-2-4-13(14)10-15(18)16(19)20/h12-15H,2-11H2,1H3,(H,19,20). The van der Waals surface area contributed by atoms with Gasteiger partial charge in [0.05, 0.1) is 12.7 Å². The molecule has 3 rings (SSSR count). The lowest BCUT2D eigenvalue weighted by Gasteiger charge is -2.36. The first-order chi connectivity index (χ1) is 10.1. The van der Waals surface area contributed by atoms with Crippen LogP contribution in [0.4, 0.5) is 0 Å². The van der Waals surface area contributed by atoms with Crippen LogP contribution in [-0.2, 0) is 9.53 Å². The summed E-state index contributed by atoms with van der Waals surface area (Å²) in [7, 11) is 0. The van der Waals surface area contributed by atoms with Crippen molar-refractivity contribution in [3.05, 3.63) is 0 Å². The zero-order valence-corrected chi connectivity index (χ0v) is 13.0. The van der Waals surface area contributed by atoms with Crippen LogP contribution < -0.4 is 0 Å². The summed E-state index contributed by atoms with van der Waals surface area (Å²) >= 11 is 0. The Hall–Kier alpha value is -0.650. The maximum absolute atomic E-state index is 11.6. The Labute approximate surface area is 127 Å². The van der Waals surface area contributed by atoms with Crippen LogP contribution in [-0.4, -0.2) is 71.8 Å². The van der Waals surface area contributed by atoms with Crippen molar-refractivity contribution in [1.82, 2.24) is 9.80 Å². The molecular weight excluding hydrogens is 268 g/mol. The van der Waals surface area contributed by atoms with Crippen molar-refractivity contribution in [2.45, 2.75) is 57.2 Å². The lowest BCUT2D eigenvalue weighted by atomic mass is 9.85. The SMILES string of the molecule is CC1CN(CCN2C(C(=O)O)CC3CCCCC32)CCO1. The lowest BCUT2D eigenvalue weighted by Crippen LogP contribution is -2.49. The van der Waals surface area contributed by atoms with E-state index < -0.39 is 5.97 Å². The maximum atomic E-state index is 11.6. The number of morpholine rings is 1. The molecule has 0 aromatic rings. The summed E-state index contributed by atoms with van der Waals surface area (Å²) in [5.41, 5.74) is 0. The summed E-state index contributed by atoms with van der Waals surface area (Å²) in [5, 5.41) is 9.53. The molecule has 2 heterocycles.